The summed E-state index contributed by atoms with van der Waals surface area (Å²) >= 11 is 1.16. The Bertz CT molecular complexity index is 554. The van der Waals surface area contributed by atoms with Crippen molar-refractivity contribution in [3.05, 3.63) is 35.4 Å². The van der Waals surface area contributed by atoms with Gasteiger partial charge in [-0.1, -0.05) is 0 Å². The highest BCUT2D eigenvalue weighted by molar-refractivity contribution is 7.09. The summed E-state index contributed by atoms with van der Waals surface area (Å²) in [5.41, 5.74) is 1.93. The van der Waals surface area contributed by atoms with Crippen molar-refractivity contribution in [2.24, 2.45) is 0 Å². The smallest absolute Gasteiger partial charge is 0.321 e. The van der Waals surface area contributed by atoms with Crippen molar-refractivity contribution in [3.8, 4) is 0 Å². The van der Waals surface area contributed by atoms with Gasteiger partial charge >= 0.3 is 6.03 Å². The molecule has 0 aliphatic heterocycles. The number of rotatable bonds is 3. The van der Waals surface area contributed by atoms with Crippen molar-refractivity contribution in [3.63, 3.8) is 0 Å². The second kappa shape index (κ2) is 5.54. The molecular formula is C11H13N5OS. The average Bonchev–Trinajstić information content (AvgIpc) is 2.72. The molecule has 0 fully saturated rings. The van der Waals surface area contributed by atoms with Crippen LogP contribution in [0.1, 0.15) is 17.1 Å². The normalized spacial score (nSPS) is 10.1. The Morgan fingerprint density at radius 2 is 2.28 bits per heavy atom. The van der Waals surface area contributed by atoms with Crippen LogP contribution in [-0.4, -0.2) is 20.4 Å². The largest absolute Gasteiger partial charge is 0.334 e. The van der Waals surface area contributed by atoms with E-state index in [2.05, 4.69) is 25.0 Å². The molecule has 0 saturated heterocycles. The number of aryl methyl sites for hydroxylation is 2. The predicted molar refractivity (Wildman–Crippen MR) is 69.5 cm³/mol. The topological polar surface area (TPSA) is 79.8 Å². The number of anilines is 1. The van der Waals surface area contributed by atoms with Crippen molar-refractivity contribution in [1.29, 1.82) is 0 Å². The standard InChI is InChI=1S/C11H13N5OS/c1-7-5-9(3-4-12-7)6-13-10(17)15-11-14-8(2)16-18-11/h3-5H,6H2,1-2H3,(H2,13,14,15,16,17). The van der Waals surface area contributed by atoms with Crippen molar-refractivity contribution < 1.29 is 4.79 Å². The fourth-order valence-corrected chi connectivity index (χ4v) is 1.96. The number of nitrogens with zero attached hydrogens (tertiary/aromatic N) is 3. The van der Waals surface area contributed by atoms with Crippen molar-refractivity contribution >= 4 is 22.7 Å². The van der Waals surface area contributed by atoms with E-state index in [1.807, 2.05) is 19.1 Å². The summed E-state index contributed by atoms with van der Waals surface area (Å²) in [5, 5.41) is 5.87. The van der Waals surface area contributed by atoms with Crippen LogP contribution in [0.25, 0.3) is 0 Å². The van der Waals surface area contributed by atoms with E-state index in [1.54, 1.807) is 13.1 Å². The maximum absolute atomic E-state index is 11.6. The lowest BCUT2D eigenvalue weighted by atomic mass is 10.2. The third-order valence-electron chi connectivity index (χ3n) is 2.16. The molecule has 0 spiro atoms. The second-order valence-corrected chi connectivity index (χ2v) is 4.51. The lowest BCUT2D eigenvalue weighted by Gasteiger charge is -2.05. The van der Waals surface area contributed by atoms with Gasteiger partial charge in [0.2, 0.25) is 5.13 Å². The monoisotopic (exact) mass is 263 g/mol. The average molecular weight is 263 g/mol. The first-order chi connectivity index (χ1) is 8.63. The van der Waals surface area contributed by atoms with Crippen LogP contribution in [-0.2, 0) is 6.54 Å². The van der Waals surface area contributed by atoms with Gasteiger partial charge in [0, 0.05) is 30.0 Å². The van der Waals surface area contributed by atoms with E-state index in [9.17, 15) is 4.79 Å². The molecule has 18 heavy (non-hydrogen) atoms. The first kappa shape index (κ1) is 12.4. The zero-order valence-corrected chi connectivity index (χ0v) is 10.9. The molecule has 0 unspecified atom stereocenters. The molecule has 0 bridgehead atoms. The molecule has 2 heterocycles. The number of nitrogens with one attached hydrogen (secondary N) is 2. The lowest BCUT2D eigenvalue weighted by Crippen LogP contribution is -2.28. The number of aromatic nitrogens is 3. The molecule has 0 saturated carbocycles. The molecule has 2 rings (SSSR count). The van der Waals surface area contributed by atoms with Gasteiger partial charge in [-0.3, -0.25) is 10.3 Å². The van der Waals surface area contributed by atoms with Crippen molar-refractivity contribution in [2.75, 3.05) is 5.32 Å². The Balaban J connectivity index is 1.85. The van der Waals surface area contributed by atoms with Crippen LogP contribution >= 0.6 is 11.5 Å². The molecule has 2 aromatic rings. The first-order valence-electron chi connectivity index (χ1n) is 5.40. The summed E-state index contributed by atoms with van der Waals surface area (Å²) in [5.74, 6) is 0.653. The molecule has 2 N–H and O–H groups in total. The molecule has 0 aromatic carbocycles. The van der Waals surface area contributed by atoms with Gasteiger partial charge in [0.05, 0.1) is 0 Å². The number of amides is 2. The minimum Gasteiger partial charge on any atom is -0.334 e. The number of carbonyl (C=O) groups is 1. The first-order valence-corrected chi connectivity index (χ1v) is 6.17. The van der Waals surface area contributed by atoms with Crippen LogP contribution in [0.15, 0.2) is 18.3 Å². The third-order valence-corrected chi connectivity index (χ3v) is 2.88. The fraction of sp³-hybridized carbons (Fsp3) is 0.273. The Kier molecular flexibility index (Phi) is 3.83. The molecular weight excluding hydrogens is 250 g/mol. The SMILES string of the molecule is Cc1cc(CNC(=O)Nc2nc(C)ns2)ccn1. The van der Waals surface area contributed by atoms with Gasteiger partial charge in [0.15, 0.2) is 0 Å². The zero-order chi connectivity index (χ0) is 13.0. The highest BCUT2D eigenvalue weighted by Gasteiger charge is 2.05. The van der Waals surface area contributed by atoms with Gasteiger partial charge in [0.25, 0.3) is 0 Å². The molecule has 6 nitrogen and oxygen atoms in total. The van der Waals surface area contributed by atoms with Gasteiger partial charge in [-0.25, -0.2) is 9.78 Å². The van der Waals surface area contributed by atoms with Crippen LogP contribution in [0.4, 0.5) is 9.93 Å². The molecule has 0 aliphatic rings. The van der Waals surface area contributed by atoms with Gasteiger partial charge in [0.1, 0.15) is 5.82 Å². The van der Waals surface area contributed by atoms with Gasteiger partial charge in [-0.2, -0.15) is 4.37 Å². The van der Waals surface area contributed by atoms with Crippen molar-refractivity contribution in [1.82, 2.24) is 19.7 Å². The van der Waals surface area contributed by atoms with Crippen molar-refractivity contribution in [2.45, 2.75) is 20.4 Å². The predicted octanol–water partition coefficient (Wildman–Crippen LogP) is 1.87. The van der Waals surface area contributed by atoms with E-state index < -0.39 is 0 Å². The number of urea groups is 1. The van der Waals surface area contributed by atoms with E-state index in [0.29, 0.717) is 17.5 Å². The van der Waals surface area contributed by atoms with E-state index in [4.69, 9.17) is 0 Å². The van der Waals surface area contributed by atoms with E-state index >= 15 is 0 Å². The van der Waals surface area contributed by atoms with E-state index in [-0.39, 0.29) is 6.03 Å². The molecule has 0 atom stereocenters. The molecule has 2 amide bonds. The maximum Gasteiger partial charge on any atom is 0.321 e. The van der Waals surface area contributed by atoms with Crippen LogP contribution in [0, 0.1) is 13.8 Å². The van der Waals surface area contributed by atoms with Crippen LogP contribution in [0.5, 0.6) is 0 Å². The van der Waals surface area contributed by atoms with E-state index in [1.165, 1.54) is 0 Å². The molecule has 7 heteroatoms. The highest BCUT2D eigenvalue weighted by atomic mass is 32.1. The Labute approximate surface area is 109 Å². The quantitative estimate of drug-likeness (QED) is 0.886. The molecule has 0 aliphatic carbocycles. The van der Waals surface area contributed by atoms with E-state index in [0.717, 1.165) is 22.8 Å². The third kappa shape index (κ3) is 3.49. The number of hydrogen-bond donors (Lipinski definition) is 2. The summed E-state index contributed by atoms with van der Waals surface area (Å²) in [6.45, 7) is 4.14. The van der Waals surface area contributed by atoms with Crippen LogP contribution in [0.2, 0.25) is 0 Å². The second-order valence-electron chi connectivity index (χ2n) is 3.76. The minimum atomic E-state index is -0.291. The number of carbonyl (C=O) groups excluding carboxylic acids is 1. The van der Waals surface area contributed by atoms with Gasteiger partial charge < -0.3 is 5.32 Å². The summed E-state index contributed by atoms with van der Waals surface area (Å²) in [7, 11) is 0. The zero-order valence-electron chi connectivity index (χ0n) is 10.1. The fourth-order valence-electron chi connectivity index (χ4n) is 1.39. The number of hydrogen-bond acceptors (Lipinski definition) is 5. The Morgan fingerprint density at radius 1 is 1.44 bits per heavy atom. The Morgan fingerprint density at radius 3 is 2.94 bits per heavy atom. The van der Waals surface area contributed by atoms with Gasteiger partial charge in [-0.05, 0) is 31.5 Å². The Hall–Kier alpha value is -2.02. The minimum absolute atomic E-state index is 0.291. The molecule has 0 radical (unpaired) electrons. The van der Waals surface area contributed by atoms with Gasteiger partial charge in [-0.15, -0.1) is 0 Å². The molecule has 2 aromatic heterocycles. The highest BCUT2D eigenvalue weighted by Crippen LogP contribution is 2.09. The summed E-state index contributed by atoms with van der Waals surface area (Å²) in [6, 6.07) is 3.50. The lowest BCUT2D eigenvalue weighted by molar-refractivity contribution is 0.251. The molecule has 94 valence electrons. The summed E-state index contributed by atoms with van der Waals surface area (Å²) in [4.78, 5) is 19.7. The van der Waals surface area contributed by atoms with Crippen LogP contribution < -0.4 is 10.6 Å². The summed E-state index contributed by atoms with van der Waals surface area (Å²) < 4.78 is 3.98. The number of pyridine rings is 1. The van der Waals surface area contributed by atoms with Crippen LogP contribution in [0.3, 0.4) is 0 Å². The summed E-state index contributed by atoms with van der Waals surface area (Å²) in [6.07, 6.45) is 1.72. The maximum atomic E-state index is 11.6.